The molecule has 1 aromatic carbocycles. The molecule has 23 heavy (non-hydrogen) atoms. The van der Waals surface area contributed by atoms with Crippen LogP contribution in [0.1, 0.15) is 31.2 Å². The molecule has 1 aromatic rings. The van der Waals surface area contributed by atoms with Crippen LogP contribution in [0.25, 0.3) is 0 Å². The predicted molar refractivity (Wildman–Crippen MR) is 85.8 cm³/mol. The van der Waals surface area contributed by atoms with Crippen LogP contribution in [-0.2, 0) is 14.4 Å². The second-order valence-corrected chi connectivity index (χ2v) is 6.09. The summed E-state index contributed by atoms with van der Waals surface area (Å²) in [5.41, 5.74) is 6.94. The van der Waals surface area contributed by atoms with E-state index in [2.05, 4.69) is 0 Å². The molecule has 124 valence electrons. The van der Waals surface area contributed by atoms with Gasteiger partial charge in [0.2, 0.25) is 11.8 Å². The minimum absolute atomic E-state index is 0.0781. The molecule has 1 aliphatic carbocycles. The first kappa shape index (κ1) is 17.0. The number of carboxylic acid groups (broad SMARTS) is 1. The third-order valence-electron chi connectivity index (χ3n) is 4.29. The normalized spacial score (nSPS) is 20.2. The fourth-order valence-corrected chi connectivity index (χ4v) is 3.03. The number of rotatable bonds is 6. The molecule has 2 atom stereocenters. The lowest BCUT2D eigenvalue weighted by molar-refractivity contribution is -0.141. The summed E-state index contributed by atoms with van der Waals surface area (Å²) in [4.78, 5) is 36.6. The van der Waals surface area contributed by atoms with Gasteiger partial charge in [0.25, 0.3) is 0 Å². The van der Waals surface area contributed by atoms with Crippen LogP contribution >= 0.6 is 0 Å². The second kappa shape index (κ2) is 7.26. The van der Waals surface area contributed by atoms with E-state index >= 15 is 0 Å². The Balaban J connectivity index is 2.18. The molecule has 0 aromatic heterocycles. The van der Waals surface area contributed by atoms with Gasteiger partial charge in [0.05, 0.1) is 5.92 Å². The average Bonchev–Trinajstić information content (AvgIpc) is 2.97. The van der Waals surface area contributed by atoms with E-state index in [-0.39, 0.29) is 24.8 Å². The van der Waals surface area contributed by atoms with Gasteiger partial charge >= 0.3 is 5.97 Å². The van der Waals surface area contributed by atoms with Crippen LogP contribution in [0.4, 0.5) is 5.69 Å². The van der Waals surface area contributed by atoms with Crippen molar-refractivity contribution in [3.8, 4) is 0 Å². The maximum absolute atomic E-state index is 12.8. The van der Waals surface area contributed by atoms with Gasteiger partial charge in [-0.3, -0.25) is 14.4 Å². The summed E-state index contributed by atoms with van der Waals surface area (Å²) in [5, 5.41) is 9.09. The summed E-state index contributed by atoms with van der Waals surface area (Å²) in [5.74, 6) is -2.21. The molecular weight excluding hydrogens is 296 g/mol. The molecule has 3 N–H and O–H groups in total. The SMILES string of the molecule is Cc1cccc(N(CCC(N)=O)C(=O)[C@@H]2CC[C@H](C(=O)O)C2)c1. The van der Waals surface area contributed by atoms with Gasteiger partial charge in [0, 0.05) is 24.6 Å². The summed E-state index contributed by atoms with van der Waals surface area (Å²) in [6.07, 6.45) is 1.51. The van der Waals surface area contributed by atoms with Crippen molar-refractivity contribution in [2.24, 2.45) is 17.6 Å². The highest BCUT2D eigenvalue weighted by molar-refractivity contribution is 5.96. The molecule has 0 bridgehead atoms. The van der Waals surface area contributed by atoms with E-state index in [1.54, 1.807) is 4.90 Å². The fourth-order valence-electron chi connectivity index (χ4n) is 3.03. The summed E-state index contributed by atoms with van der Waals surface area (Å²) in [6.45, 7) is 2.14. The van der Waals surface area contributed by atoms with Crippen molar-refractivity contribution in [1.82, 2.24) is 0 Å². The maximum atomic E-state index is 12.8. The van der Waals surface area contributed by atoms with Gasteiger partial charge in [-0.25, -0.2) is 0 Å². The Hall–Kier alpha value is -2.37. The smallest absolute Gasteiger partial charge is 0.306 e. The number of nitrogens with zero attached hydrogens (tertiary/aromatic N) is 1. The van der Waals surface area contributed by atoms with Gasteiger partial charge in [-0.2, -0.15) is 0 Å². The Kier molecular flexibility index (Phi) is 5.36. The van der Waals surface area contributed by atoms with E-state index in [0.29, 0.717) is 19.3 Å². The van der Waals surface area contributed by atoms with Crippen LogP contribution in [-0.4, -0.2) is 29.4 Å². The number of amides is 2. The number of carbonyl (C=O) groups is 3. The van der Waals surface area contributed by atoms with Crippen LogP contribution in [0.15, 0.2) is 24.3 Å². The highest BCUT2D eigenvalue weighted by atomic mass is 16.4. The highest BCUT2D eigenvalue weighted by Gasteiger charge is 2.36. The van der Waals surface area contributed by atoms with Crippen molar-refractivity contribution in [3.05, 3.63) is 29.8 Å². The molecular formula is C17H22N2O4. The number of benzene rings is 1. The number of aliphatic carboxylic acids is 1. The Morgan fingerprint density at radius 2 is 1.96 bits per heavy atom. The predicted octanol–water partition coefficient (Wildman–Crippen LogP) is 1.70. The summed E-state index contributed by atoms with van der Waals surface area (Å²) in [7, 11) is 0. The first-order valence-corrected chi connectivity index (χ1v) is 7.77. The molecule has 0 aliphatic heterocycles. The lowest BCUT2D eigenvalue weighted by Crippen LogP contribution is -2.38. The molecule has 1 fully saturated rings. The third-order valence-corrected chi connectivity index (χ3v) is 4.29. The van der Waals surface area contributed by atoms with E-state index in [1.807, 2.05) is 31.2 Å². The van der Waals surface area contributed by atoms with Gasteiger partial charge in [-0.05, 0) is 43.9 Å². The van der Waals surface area contributed by atoms with Crippen LogP contribution < -0.4 is 10.6 Å². The monoisotopic (exact) mass is 318 g/mol. The zero-order chi connectivity index (χ0) is 17.0. The van der Waals surface area contributed by atoms with Gasteiger partial charge in [-0.15, -0.1) is 0 Å². The van der Waals surface area contributed by atoms with Gasteiger partial charge in [0.15, 0.2) is 0 Å². The van der Waals surface area contributed by atoms with Crippen molar-refractivity contribution in [2.75, 3.05) is 11.4 Å². The molecule has 2 amide bonds. The number of hydrogen-bond acceptors (Lipinski definition) is 3. The molecule has 0 heterocycles. The standard InChI is InChI=1S/C17H22N2O4/c1-11-3-2-4-14(9-11)19(8-7-15(18)20)16(21)12-5-6-13(10-12)17(22)23/h2-4,9,12-13H,5-8,10H2,1H3,(H2,18,20)(H,22,23)/t12-,13+/m1/s1. The molecule has 0 spiro atoms. The number of primary amides is 1. The molecule has 6 nitrogen and oxygen atoms in total. The molecule has 2 rings (SSSR count). The van der Waals surface area contributed by atoms with Gasteiger partial charge in [-0.1, -0.05) is 12.1 Å². The quantitative estimate of drug-likeness (QED) is 0.833. The zero-order valence-electron chi connectivity index (χ0n) is 13.2. The van der Waals surface area contributed by atoms with Crippen molar-refractivity contribution < 1.29 is 19.5 Å². The van der Waals surface area contributed by atoms with Crippen LogP contribution in [0.5, 0.6) is 0 Å². The van der Waals surface area contributed by atoms with E-state index in [0.717, 1.165) is 11.3 Å². The summed E-state index contributed by atoms with van der Waals surface area (Å²) in [6, 6.07) is 7.47. The molecule has 6 heteroatoms. The lowest BCUT2D eigenvalue weighted by atomic mass is 10.0. The van der Waals surface area contributed by atoms with E-state index in [9.17, 15) is 14.4 Å². The van der Waals surface area contributed by atoms with Crippen molar-refractivity contribution in [1.29, 1.82) is 0 Å². The Bertz CT molecular complexity index is 614. The first-order chi connectivity index (χ1) is 10.9. The minimum Gasteiger partial charge on any atom is -0.481 e. The van der Waals surface area contributed by atoms with Crippen molar-refractivity contribution in [3.63, 3.8) is 0 Å². The van der Waals surface area contributed by atoms with Crippen LogP contribution in [0.3, 0.4) is 0 Å². The largest absolute Gasteiger partial charge is 0.481 e. The number of hydrogen-bond donors (Lipinski definition) is 2. The fraction of sp³-hybridized carbons (Fsp3) is 0.471. The Morgan fingerprint density at radius 1 is 1.26 bits per heavy atom. The minimum atomic E-state index is -0.848. The molecule has 1 aliphatic rings. The van der Waals surface area contributed by atoms with Gasteiger partial charge in [0.1, 0.15) is 0 Å². The number of carbonyl (C=O) groups excluding carboxylic acids is 2. The lowest BCUT2D eigenvalue weighted by Gasteiger charge is -2.26. The summed E-state index contributed by atoms with van der Waals surface area (Å²) < 4.78 is 0. The summed E-state index contributed by atoms with van der Waals surface area (Å²) >= 11 is 0. The van der Waals surface area contributed by atoms with Crippen LogP contribution in [0.2, 0.25) is 0 Å². The number of anilines is 1. The Labute approximate surface area is 135 Å². The highest BCUT2D eigenvalue weighted by Crippen LogP contribution is 2.33. The van der Waals surface area contributed by atoms with Crippen LogP contribution in [0, 0.1) is 18.8 Å². The number of nitrogens with two attached hydrogens (primary N) is 1. The first-order valence-electron chi connectivity index (χ1n) is 7.77. The molecule has 1 saturated carbocycles. The molecule has 0 unspecified atom stereocenters. The van der Waals surface area contributed by atoms with E-state index in [4.69, 9.17) is 10.8 Å². The number of aryl methyl sites for hydroxylation is 1. The number of carboxylic acids is 1. The second-order valence-electron chi connectivity index (χ2n) is 6.09. The molecule has 0 radical (unpaired) electrons. The molecule has 0 saturated heterocycles. The van der Waals surface area contributed by atoms with Gasteiger partial charge < -0.3 is 15.7 Å². The van der Waals surface area contributed by atoms with Crippen molar-refractivity contribution >= 4 is 23.5 Å². The van der Waals surface area contributed by atoms with E-state index < -0.39 is 17.8 Å². The van der Waals surface area contributed by atoms with E-state index in [1.165, 1.54) is 0 Å². The van der Waals surface area contributed by atoms with Crippen molar-refractivity contribution in [2.45, 2.75) is 32.6 Å². The average molecular weight is 318 g/mol. The third kappa shape index (κ3) is 4.31. The topological polar surface area (TPSA) is 101 Å². The Morgan fingerprint density at radius 3 is 2.52 bits per heavy atom. The maximum Gasteiger partial charge on any atom is 0.306 e. The zero-order valence-corrected chi connectivity index (χ0v) is 13.2.